The Morgan fingerprint density at radius 1 is 1.53 bits per heavy atom. The molecule has 1 saturated carbocycles. The molecule has 1 fully saturated rings. The number of aromatic nitrogens is 2. The summed E-state index contributed by atoms with van der Waals surface area (Å²) in [6.07, 6.45) is 5.35. The first-order valence-electron chi connectivity index (χ1n) is 5.12. The van der Waals surface area contributed by atoms with Crippen molar-refractivity contribution >= 4 is 21.7 Å². The van der Waals surface area contributed by atoms with Crippen LogP contribution in [0.15, 0.2) is 10.8 Å². The van der Waals surface area contributed by atoms with Crippen molar-refractivity contribution in [1.82, 2.24) is 9.97 Å². The summed E-state index contributed by atoms with van der Waals surface area (Å²) in [5.41, 5.74) is 0. The van der Waals surface area contributed by atoms with E-state index in [4.69, 9.17) is 4.74 Å². The Morgan fingerprint density at radius 2 is 2.33 bits per heavy atom. The number of rotatable bonds is 5. The number of ether oxygens (including phenoxy) is 1. The van der Waals surface area contributed by atoms with E-state index in [1.54, 1.807) is 0 Å². The van der Waals surface area contributed by atoms with E-state index in [2.05, 4.69) is 31.2 Å². The van der Waals surface area contributed by atoms with Crippen molar-refractivity contribution in [3.8, 4) is 5.88 Å². The van der Waals surface area contributed by atoms with Gasteiger partial charge < -0.3 is 10.1 Å². The predicted molar refractivity (Wildman–Crippen MR) is 62.1 cm³/mol. The van der Waals surface area contributed by atoms with Gasteiger partial charge in [0.2, 0.25) is 5.88 Å². The molecule has 4 nitrogen and oxygen atoms in total. The van der Waals surface area contributed by atoms with E-state index in [1.165, 1.54) is 19.2 Å². The highest BCUT2D eigenvalue weighted by Gasteiger charge is 2.21. The molecule has 0 unspecified atom stereocenters. The molecule has 1 aromatic heterocycles. The Labute approximate surface area is 97.6 Å². The van der Waals surface area contributed by atoms with E-state index >= 15 is 0 Å². The third kappa shape index (κ3) is 2.81. The molecule has 0 radical (unpaired) electrons. The fraction of sp³-hybridized carbons (Fsp3) is 0.600. The Hall–Kier alpha value is -0.840. The summed E-state index contributed by atoms with van der Waals surface area (Å²) in [5.74, 6) is 2.26. The Kier molecular flexibility index (Phi) is 3.41. The van der Waals surface area contributed by atoms with Crippen molar-refractivity contribution in [3.05, 3.63) is 10.8 Å². The Balaban J connectivity index is 1.93. The van der Waals surface area contributed by atoms with Gasteiger partial charge in [0.25, 0.3) is 0 Å². The zero-order chi connectivity index (χ0) is 10.7. The second kappa shape index (κ2) is 4.79. The number of anilines is 1. The van der Waals surface area contributed by atoms with Crippen LogP contribution in [0, 0.1) is 5.92 Å². The van der Waals surface area contributed by atoms with E-state index in [-0.39, 0.29) is 0 Å². The zero-order valence-electron chi connectivity index (χ0n) is 8.66. The van der Waals surface area contributed by atoms with Gasteiger partial charge in [0.15, 0.2) is 0 Å². The average molecular weight is 272 g/mol. The number of nitrogens with zero attached hydrogens (tertiary/aromatic N) is 2. The number of hydrogen-bond donors (Lipinski definition) is 1. The molecule has 0 aliphatic heterocycles. The van der Waals surface area contributed by atoms with Crippen molar-refractivity contribution < 1.29 is 4.74 Å². The summed E-state index contributed by atoms with van der Waals surface area (Å²) in [7, 11) is 1.82. The molecule has 1 aliphatic carbocycles. The van der Waals surface area contributed by atoms with Gasteiger partial charge in [-0.15, -0.1) is 0 Å². The molecular weight excluding hydrogens is 258 g/mol. The largest absolute Gasteiger partial charge is 0.477 e. The molecule has 0 bridgehead atoms. The molecule has 1 aliphatic rings. The third-order valence-corrected chi connectivity index (χ3v) is 3.17. The van der Waals surface area contributed by atoms with Crippen molar-refractivity contribution in [3.63, 3.8) is 0 Å². The van der Waals surface area contributed by atoms with Gasteiger partial charge in [0.05, 0.1) is 6.61 Å². The number of halogens is 1. The van der Waals surface area contributed by atoms with Crippen LogP contribution in [0.4, 0.5) is 5.82 Å². The van der Waals surface area contributed by atoms with Crippen LogP contribution in [0.2, 0.25) is 0 Å². The summed E-state index contributed by atoms with van der Waals surface area (Å²) in [6.45, 7) is 0.740. The molecule has 0 atom stereocenters. The van der Waals surface area contributed by atoms with E-state index in [9.17, 15) is 0 Å². The lowest BCUT2D eigenvalue weighted by molar-refractivity contribution is 0.289. The lowest BCUT2D eigenvalue weighted by Gasteiger charge is -2.08. The summed E-state index contributed by atoms with van der Waals surface area (Å²) in [5, 5.41) is 2.97. The maximum absolute atomic E-state index is 5.59. The molecule has 2 rings (SSSR count). The quantitative estimate of drug-likeness (QED) is 0.894. The van der Waals surface area contributed by atoms with Gasteiger partial charge in [-0.25, -0.2) is 9.97 Å². The van der Waals surface area contributed by atoms with Crippen molar-refractivity contribution in [1.29, 1.82) is 0 Å². The summed E-state index contributed by atoms with van der Waals surface area (Å²) >= 11 is 3.41. The van der Waals surface area contributed by atoms with Crippen LogP contribution < -0.4 is 10.1 Å². The minimum absolute atomic E-state index is 0.620. The first-order chi connectivity index (χ1) is 7.31. The van der Waals surface area contributed by atoms with Gasteiger partial charge in [0, 0.05) is 7.05 Å². The maximum Gasteiger partial charge on any atom is 0.233 e. The molecule has 0 aromatic carbocycles. The SMILES string of the molecule is CNc1ncnc(OCCC2CC2)c1Br. The Bertz CT molecular complexity index is 341. The normalized spacial score (nSPS) is 15.1. The molecule has 0 amide bonds. The van der Waals surface area contributed by atoms with Crippen molar-refractivity contribution in [2.45, 2.75) is 19.3 Å². The lowest BCUT2D eigenvalue weighted by atomic mass is 10.3. The maximum atomic E-state index is 5.59. The topological polar surface area (TPSA) is 47.0 Å². The lowest BCUT2D eigenvalue weighted by Crippen LogP contribution is -2.03. The van der Waals surface area contributed by atoms with Crippen molar-refractivity contribution in [2.24, 2.45) is 5.92 Å². The van der Waals surface area contributed by atoms with Crippen LogP contribution >= 0.6 is 15.9 Å². The van der Waals surface area contributed by atoms with Gasteiger partial charge in [-0.1, -0.05) is 12.8 Å². The van der Waals surface area contributed by atoms with Gasteiger partial charge in [-0.3, -0.25) is 0 Å². The fourth-order valence-electron chi connectivity index (χ4n) is 1.36. The molecule has 1 heterocycles. The van der Waals surface area contributed by atoms with Crippen molar-refractivity contribution in [2.75, 3.05) is 19.0 Å². The first kappa shape index (κ1) is 10.7. The van der Waals surface area contributed by atoms with E-state index in [1.807, 2.05) is 7.05 Å². The first-order valence-corrected chi connectivity index (χ1v) is 5.91. The van der Waals surface area contributed by atoms with Gasteiger partial charge in [-0.05, 0) is 28.3 Å². The fourth-order valence-corrected chi connectivity index (χ4v) is 1.87. The minimum atomic E-state index is 0.620. The van der Waals surface area contributed by atoms with Crippen LogP contribution in [-0.2, 0) is 0 Å². The van der Waals surface area contributed by atoms with Crippen LogP contribution in [0.3, 0.4) is 0 Å². The molecule has 0 saturated heterocycles. The molecular formula is C10H14BrN3O. The van der Waals surface area contributed by atoms with E-state index in [0.717, 1.165) is 29.2 Å². The van der Waals surface area contributed by atoms with E-state index < -0.39 is 0 Å². The highest BCUT2D eigenvalue weighted by molar-refractivity contribution is 9.10. The summed E-state index contributed by atoms with van der Waals surface area (Å²) in [6, 6.07) is 0. The van der Waals surface area contributed by atoms with Gasteiger partial charge in [0.1, 0.15) is 16.6 Å². The van der Waals surface area contributed by atoms with Crippen LogP contribution in [0.25, 0.3) is 0 Å². The molecule has 1 aromatic rings. The molecule has 1 N–H and O–H groups in total. The average Bonchev–Trinajstić information content (AvgIpc) is 3.04. The van der Waals surface area contributed by atoms with Crippen LogP contribution in [0.5, 0.6) is 5.88 Å². The van der Waals surface area contributed by atoms with Gasteiger partial charge >= 0.3 is 0 Å². The predicted octanol–water partition coefficient (Wildman–Crippen LogP) is 2.46. The monoisotopic (exact) mass is 271 g/mol. The summed E-state index contributed by atoms with van der Waals surface area (Å²) < 4.78 is 6.39. The van der Waals surface area contributed by atoms with Crippen LogP contribution in [-0.4, -0.2) is 23.6 Å². The standard InChI is InChI=1S/C10H14BrN3O/c1-12-9-8(11)10(14-6-13-9)15-5-4-7-2-3-7/h6-7H,2-5H2,1H3,(H,12,13,14). The minimum Gasteiger partial charge on any atom is -0.477 e. The third-order valence-electron chi connectivity index (χ3n) is 2.46. The smallest absolute Gasteiger partial charge is 0.233 e. The highest BCUT2D eigenvalue weighted by Crippen LogP contribution is 2.33. The second-order valence-corrected chi connectivity index (χ2v) is 4.46. The summed E-state index contributed by atoms with van der Waals surface area (Å²) in [4.78, 5) is 8.15. The van der Waals surface area contributed by atoms with Crippen LogP contribution in [0.1, 0.15) is 19.3 Å². The number of hydrogen-bond acceptors (Lipinski definition) is 4. The van der Waals surface area contributed by atoms with E-state index in [0.29, 0.717) is 5.88 Å². The zero-order valence-corrected chi connectivity index (χ0v) is 10.2. The molecule has 0 spiro atoms. The molecule has 15 heavy (non-hydrogen) atoms. The highest BCUT2D eigenvalue weighted by atomic mass is 79.9. The molecule has 5 heteroatoms. The Morgan fingerprint density at radius 3 is 3.00 bits per heavy atom. The second-order valence-electron chi connectivity index (χ2n) is 3.67. The van der Waals surface area contributed by atoms with Gasteiger partial charge in [-0.2, -0.15) is 0 Å². The molecule has 82 valence electrons. The number of nitrogens with one attached hydrogen (secondary N) is 1.